The Labute approximate surface area is 144 Å². The van der Waals surface area contributed by atoms with Crippen LogP contribution in [0.4, 0.5) is 0 Å². The number of benzene rings is 1. The molecule has 1 saturated heterocycles. The predicted octanol–water partition coefficient (Wildman–Crippen LogP) is 1.35. The van der Waals surface area contributed by atoms with Crippen LogP contribution in [0, 0.1) is 0 Å². The van der Waals surface area contributed by atoms with Crippen molar-refractivity contribution in [3.8, 4) is 11.4 Å². The van der Waals surface area contributed by atoms with Crippen LogP contribution in [0.15, 0.2) is 55.1 Å². The maximum absolute atomic E-state index is 12.8. The lowest BCUT2D eigenvalue weighted by molar-refractivity contribution is 0.0772. The van der Waals surface area contributed by atoms with E-state index in [1.165, 1.54) is 11.0 Å². The maximum Gasteiger partial charge on any atom is 0.254 e. The summed E-state index contributed by atoms with van der Waals surface area (Å²) in [5, 5.41) is 11.1. The van der Waals surface area contributed by atoms with Gasteiger partial charge < -0.3 is 9.64 Å². The fourth-order valence-corrected chi connectivity index (χ4v) is 2.86. The third-order valence-corrected chi connectivity index (χ3v) is 4.09. The van der Waals surface area contributed by atoms with Gasteiger partial charge >= 0.3 is 0 Å². The number of likely N-dealkylation sites (tertiary alicyclic amines) is 1. The minimum absolute atomic E-state index is 0.00551. The Morgan fingerprint density at radius 1 is 1.20 bits per heavy atom. The van der Waals surface area contributed by atoms with Crippen LogP contribution in [0.2, 0.25) is 0 Å². The highest BCUT2D eigenvalue weighted by Crippen LogP contribution is 2.20. The van der Waals surface area contributed by atoms with E-state index >= 15 is 0 Å². The number of hydrogen-bond donors (Lipinski definition) is 0. The number of carbonyl (C=O) groups is 1. The minimum Gasteiger partial charge on any atom is -0.488 e. The number of tetrazole rings is 1. The molecule has 2 aromatic heterocycles. The normalized spacial score (nSPS) is 16.8. The van der Waals surface area contributed by atoms with Crippen molar-refractivity contribution in [1.82, 2.24) is 30.1 Å². The zero-order valence-corrected chi connectivity index (χ0v) is 13.4. The van der Waals surface area contributed by atoms with Gasteiger partial charge in [0.05, 0.1) is 12.2 Å². The number of aromatic nitrogens is 5. The van der Waals surface area contributed by atoms with Crippen LogP contribution in [0.5, 0.6) is 5.75 Å². The smallest absolute Gasteiger partial charge is 0.254 e. The number of hydrogen-bond acceptors (Lipinski definition) is 6. The third kappa shape index (κ3) is 3.32. The van der Waals surface area contributed by atoms with E-state index < -0.39 is 0 Å². The van der Waals surface area contributed by atoms with Crippen molar-refractivity contribution in [3.05, 3.63) is 60.7 Å². The Morgan fingerprint density at radius 2 is 2.08 bits per heavy atom. The summed E-state index contributed by atoms with van der Waals surface area (Å²) in [6.07, 6.45) is 5.68. The highest BCUT2D eigenvalue weighted by Gasteiger charge is 2.28. The minimum atomic E-state index is -0.0178. The second-order valence-electron chi connectivity index (χ2n) is 5.77. The van der Waals surface area contributed by atoms with E-state index in [1.807, 2.05) is 29.2 Å². The van der Waals surface area contributed by atoms with Crippen LogP contribution in [0.3, 0.4) is 0 Å². The van der Waals surface area contributed by atoms with Crippen LogP contribution in [-0.4, -0.2) is 55.2 Å². The van der Waals surface area contributed by atoms with E-state index in [1.54, 1.807) is 24.5 Å². The molecule has 1 amide bonds. The van der Waals surface area contributed by atoms with Crippen molar-refractivity contribution in [1.29, 1.82) is 0 Å². The van der Waals surface area contributed by atoms with Gasteiger partial charge in [0.25, 0.3) is 5.91 Å². The lowest BCUT2D eigenvalue weighted by Crippen LogP contribution is -2.31. The van der Waals surface area contributed by atoms with Gasteiger partial charge in [-0.25, -0.2) is 4.68 Å². The molecule has 3 aromatic rings. The first-order valence-corrected chi connectivity index (χ1v) is 7.99. The van der Waals surface area contributed by atoms with Crippen molar-refractivity contribution in [2.75, 3.05) is 13.1 Å². The van der Waals surface area contributed by atoms with E-state index in [9.17, 15) is 4.79 Å². The molecule has 0 spiro atoms. The molecule has 8 nitrogen and oxygen atoms in total. The Balaban J connectivity index is 1.44. The van der Waals surface area contributed by atoms with Crippen molar-refractivity contribution in [2.45, 2.75) is 12.5 Å². The van der Waals surface area contributed by atoms with E-state index in [0.717, 1.165) is 17.9 Å². The summed E-state index contributed by atoms with van der Waals surface area (Å²) < 4.78 is 7.43. The lowest BCUT2D eigenvalue weighted by atomic mass is 10.2. The number of nitrogens with zero attached hydrogens (tertiary/aromatic N) is 6. The second-order valence-corrected chi connectivity index (χ2v) is 5.77. The van der Waals surface area contributed by atoms with Crippen molar-refractivity contribution >= 4 is 5.91 Å². The summed E-state index contributed by atoms with van der Waals surface area (Å²) >= 11 is 0. The van der Waals surface area contributed by atoms with Gasteiger partial charge in [0.2, 0.25) is 0 Å². The maximum atomic E-state index is 12.8. The van der Waals surface area contributed by atoms with Gasteiger partial charge in [-0.05, 0) is 40.8 Å². The van der Waals surface area contributed by atoms with Gasteiger partial charge in [-0.3, -0.25) is 9.78 Å². The molecule has 0 N–H and O–H groups in total. The number of ether oxygens (including phenoxy) is 1. The predicted molar refractivity (Wildman–Crippen MR) is 88.3 cm³/mol. The fraction of sp³-hybridized carbons (Fsp3) is 0.235. The van der Waals surface area contributed by atoms with Gasteiger partial charge in [-0.2, -0.15) is 0 Å². The molecule has 0 radical (unpaired) electrons. The molecule has 1 fully saturated rings. The van der Waals surface area contributed by atoms with E-state index in [2.05, 4.69) is 20.5 Å². The van der Waals surface area contributed by atoms with Gasteiger partial charge in [-0.1, -0.05) is 6.07 Å². The molecule has 0 unspecified atom stereocenters. The van der Waals surface area contributed by atoms with Gasteiger partial charge in [0, 0.05) is 30.9 Å². The van der Waals surface area contributed by atoms with Crippen molar-refractivity contribution < 1.29 is 9.53 Å². The van der Waals surface area contributed by atoms with Gasteiger partial charge in [-0.15, -0.1) is 5.10 Å². The summed E-state index contributed by atoms with van der Waals surface area (Å²) in [5.74, 6) is 0.755. The molecule has 1 aliphatic rings. The van der Waals surface area contributed by atoms with Gasteiger partial charge in [0.15, 0.2) is 0 Å². The summed E-state index contributed by atoms with van der Waals surface area (Å²) in [6.45, 7) is 1.24. The lowest BCUT2D eigenvalue weighted by Gasteiger charge is -2.17. The molecule has 4 rings (SSSR count). The van der Waals surface area contributed by atoms with Crippen LogP contribution >= 0.6 is 0 Å². The number of rotatable bonds is 4. The zero-order chi connectivity index (χ0) is 17.1. The molecule has 1 atom stereocenters. The van der Waals surface area contributed by atoms with Crippen LogP contribution in [-0.2, 0) is 0 Å². The molecule has 0 saturated carbocycles. The second kappa shape index (κ2) is 6.68. The van der Waals surface area contributed by atoms with E-state index in [-0.39, 0.29) is 12.0 Å². The molecule has 25 heavy (non-hydrogen) atoms. The highest BCUT2D eigenvalue weighted by atomic mass is 16.5. The molecule has 0 bridgehead atoms. The fourth-order valence-electron chi connectivity index (χ4n) is 2.86. The third-order valence-electron chi connectivity index (χ3n) is 4.09. The molecule has 8 heteroatoms. The van der Waals surface area contributed by atoms with E-state index in [4.69, 9.17) is 4.74 Å². The van der Waals surface area contributed by atoms with Crippen LogP contribution < -0.4 is 4.74 Å². The number of carbonyl (C=O) groups excluding carboxylic acids is 1. The Morgan fingerprint density at radius 3 is 2.88 bits per heavy atom. The topological polar surface area (TPSA) is 86.0 Å². The van der Waals surface area contributed by atoms with Crippen molar-refractivity contribution in [2.24, 2.45) is 0 Å². The standard InChI is InChI=1S/C17H16N6O2/c24-17(13-2-1-3-14(10-13)23-12-19-20-21-23)22-9-6-16(11-22)25-15-4-7-18-8-5-15/h1-5,7-8,10,12,16H,6,9,11H2/t16-/m1/s1. The first kappa shape index (κ1) is 15.3. The molecular formula is C17H16N6O2. The average molecular weight is 336 g/mol. The summed E-state index contributed by atoms with van der Waals surface area (Å²) in [5.41, 5.74) is 1.36. The zero-order valence-electron chi connectivity index (χ0n) is 13.4. The van der Waals surface area contributed by atoms with E-state index in [0.29, 0.717) is 18.7 Å². The van der Waals surface area contributed by atoms with Crippen LogP contribution in [0.25, 0.3) is 5.69 Å². The molecule has 0 aliphatic carbocycles. The number of pyridine rings is 1. The first-order valence-electron chi connectivity index (χ1n) is 7.99. The quantitative estimate of drug-likeness (QED) is 0.715. The molecule has 126 valence electrons. The molecule has 1 aromatic carbocycles. The highest BCUT2D eigenvalue weighted by molar-refractivity contribution is 5.95. The Kier molecular flexibility index (Phi) is 4.07. The largest absolute Gasteiger partial charge is 0.488 e. The summed E-state index contributed by atoms with van der Waals surface area (Å²) in [6, 6.07) is 10.9. The van der Waals surface area contributed by atoms with Crippen LogP contribution in [0.1, 0.15) is 16.8 Å². The Hall–Kier alpha value is -3.29. The first-order chi connectivity index (χ1) is 12.3. The summed E-state index contributed by atoms with van der Waals surface area (Å²) in [7, 11) is 0. The van der Waals surface area contributed by atoms with Crippen molar-refractivity contribution in [3.63, 3.8) is 0 Å². The average Bonchev–Trinajstić information content (AvgIpc) is 3.34. The molecule has 1 aliphatic heterocycles. The molecule has 3 heterocycles. The number of amides is 1. The summed E-state index contributed by atoms with van der Waals surface area (Å²) in [4.78, 5) is 18.5. The SMILES string of the molecule is O=C(c1cccc(-n2cnnn2)c1)N1CC[C@@H](Oc2ccncc2)C1. The molecular weight excluding hydrogens is 320 g/mol. The monoisotopic (exact) mass is 336 g/mol. The van der Waals surface area contributed by atoms with Gasteiger partial charge in [0.1, 0.15) is 18.2 Å². The Bertz CT molecular complexity index is 853.